The van der Waals surface area contributed by atoms with Gasteiger partial charge in [0.15, 0.2) is 0 Å². The zero-order valence-electron chi connectivity index (χ0n) is 7.23. The molecular formula is C10H15F. The van der Waals surface area contributed by atoms with E-state index < -0.39 is 0 Å². The highest BCUT2D eigenvalue weighted by Crippen LogP contribution is 2.08. The summed E-state index contributed by atoms with van der Waals surface area (Å²) in [5.74, 6) is -0.132. The Bertz CT molecular complexity index is 175. The fourth-order valence-electron chi connectivity index (χ4n) is 0.612. The minimum Gasteiger partial charge on any atom is -0.211 e. The largest absolute Gasteiger partial charge is 0.211 e. The normalized spacial score (nSPS) is 13.4. The van der Waals surface area contributed by atoms with Crippen LogP contribution in [0.15, 0.2) is 36.2 Å². The smallest absolute Gasteiger partial charge is 0.104 e. The third kappa shape index (κ3) is 5.59. The van der Waals surface area contributed by atoms with Crippen molar-refractivity contribution >= 4 is 0 Å². The first kappa shape index (κ1) is 10.2. The molecule has 11 heavy (non-hydrogen) atoms. The summed E-state index contributed by atoms with van der Waals surface area (Å²) in [6.45, 7) is 7.47. The molecule has 0 unspecified atom stereocenters. The molecule has 0 aliphatic rings. The molecule has 1 heteroatoms. The number of hydrogen-bond donors (Lipinski definition) is 0. The van der Waals surface area contributed by atoms with E-state index in [0.29, 0.717) is 6.42 Å². The molecule has 0 aromatic rings. The average Bonchev–Trinajstić information content (AvgIpc) is 2.01. The molecule has 0 atom stereocenters. The van der Waals surface area contributed by atoms with Crippen molar-refractivity contribution in [2.75, 3.05) is 0 Å². The summed E-state index contributed by atoms with van der Waals surface area (Å²) in [4.78, 5) is 0. The standard InChI is InChI=1S/C10H15F/c1-4-6-10(11)8-7-9(3)5-2/h4,6-7H,1,5,8H2,2-3H3/b9-7+,10-6+. The van der Waals surface area contributed by atoms with Gasteiger partial charge in [-0.05, 0) is 19.4 Å². The van der Waals surface area contributed by atoms with E-state index in [4.69, 9.17) is 0 Å². The second kappa shape index (κ2) is 5.90. The lowest BCUT2D eigenvalue weighted by molar-refractivity contribution is 0.617. The van der Waals surface area contributed by atoms with Gasteiger partial charge in [-0.2, -0.15) is 0 Å². The van der Waals surface area contributed by atoms with Gasteiger partial charge in [-0.15, -0.1) is 0 Å². The predicted octanol–water partition coefficient (Wildman–Crippen LogP) is 3.77. The van der Waals surface area contributed by atoms with Gasteiger partial charge >= 0.3 is 0 Å². The van der Waals surface area contributed by atoms with E-state index in [-0.39, 0.29) is 5.83 Å². The van der Waals surface area contributed by atoms with Crippen molar-refractivity contribution in [3.63, 3.8) is 0 Å². The molecule has 0 aromatic carbocycles. The van der Waals surface area contributed by atoms with Crippen molar-refractivity contribution in [3.8, 4) is 0 Å². The van der Waals surface area contributed by atoms with Gasteiger partial charge in [0, 0.05) is 6.42 Å². The van der Waals surface area contributed by atoms with E-state index in [0.717, 1.165) is 6.42 Å². The Morgan fingerprint density at radius 3 is 2.64 bits per heavy atom. The van der Waals surface area contributed by atoms with Gasteiger partial charge < -0.3 is 0 Å². The van der Waals surface area contributed by atoms with Gasteiger partial charge in [0.25, 0.3) is 0 Å². The van der Waals surface area contributed by atoms with Gasteiger partial charge in [0.05, 0.1) is 0 Å². The number of halogens is 1. The second-order valence-corrected chi connectivity index (χ2v) is 2.46. The summed E-state index contributed by atoms with van der Waals surface area (Å²) in [6, 6.07) is 0. The van der Waals surface area contributed by atoms with Gasteiger partial charge in [-0.1, -0.05) is 31.2 Å². The highest BCUT2D eigenvalue weighted by Gasteiger charge is 1.89. The van der Waals surface area contributed by atoms with Crippen molar-refractivity contribution in [1.82, 2.24) is 0 Å². The SMILES string of the molecule is C=C/C=C(/F)C/C=C(\C)CC. The lowest BCUT2D eigenvalue weighted by atomic mass is 10.2. The molecule has 0 aliphatic carbocycles. The maximum atomic E-state index is 12.6. The maximum absolute atomic E-state index is 12.6. The van der Waals surface area contributed by atoms with Crippen molar-refractivity contribution in [3.05, 3.63) is 36.2 Å². The fourth-order valence-corrected chi connectivity index (χ4v) is 0.612. The van der Waals surface area contributed by atoms with E-state index in [2.05, 4.69) is 13.5 Å². The minimum absolute atomic E-state index is 0.132. The molecule has 0 heterocycles. The van der Waals surface area contributed by atoms with Crippen LogP contribution in [-0.4, -0.2) is 0 Å². The zero-order valence-corrected chi connectivity index (χ0v) is 7.23. The molecular weight excluding hydrogens is 139 g/mol. The first-order valence-electron chi connectivity index (χ1n) is 3.83. The summed E-state index contributed by atoms with van der Waals surface area (Å²) < 4.78 is 12.6. The molecule has 0 saturated heterocycles. The van der Waals surface area contributed by atoms with E-state index in [1.165, 1.54) is 17.7 Å². The second-order valence-electron chi connectivity index (χ2n) is 2.46. The van der Waals surface area contributed by atoms with Crippen LogP contribution in [-0.2, 0) is 0 Å². The third-order valence-electron chi connectivity index (χ3n) is 1.50. The summed E-state index contributed by atoms with van der Waals surface area (Å²) >= 11 is 0. The number of allylic oxidation sites excluding steroid dienone is 5. The molecule has 0 nitrogen and oxygen atoms in total. The van der Waals surface area contributed by atoms with Crippen molar-refractivity contribution < 1.29 is 4.39 Å². The van der Waals surface area contributed by atoms with Crippen LogP contribution in [0.3, 0.4) is 0 Å². The molecule has 0 saturated carbocycles. The Morgan fingerprint density at radius 1 is 1.55 bits per heavy atom. The Balaban J connectivity index is 3.86. The average molecular weight is 154 g/mol. The minimum atomic E-state index is -0.132. The van der Waals surface area contributed by atoms with E-state index in [1.54, 1.807) is 0 Å². The highest BCUT2D eigenvalue weighted by atomic mass is 19.1. The topological polar surface area (TPSA) is 0 Å². The molecule has 0 bridgehead atoms. The molecule has 0 rings (SSSR count). The Kier molecular flexibility index (Phi) is 5.44. The van der Waals surface area contributed by atoms with Crippen molar-refractivity contribution in [2.45, 2.75) is 26.7 Å². The van der Waals surface area contributed by atoms with Crippen LogP contribution in [0.25, 0.3) is 0 Å². The Hall–Kier alpha value is -0.850. The highest BCUT2D eigenvalue weighted by molar-refractivity contribution is 5.09. The van der Waals surface area contributed by atoms with Crippen LogP contribution < -0.4 is 0 Å². The number of hydrogen-bond acceptors (Lipinski definition) is 0. The zero-order chi connectivity index (χ0) is 8.69. The molecule has 0 fully saturated rings. The van der Waals surface area contributed by atoms with E-state index in [1.807, 2.05) is 13.0 Å². The number of rotatable bonds is 4. The van der Waals surface area contributed by atoms with Gasteiger partial charge in [0.1, 0.15) is 5.83 Å². The van der Waals surface area contributed by atoms with E-state index in [9.17, 15) is 4.39 Å². The quantitative estimate of drug-likeness (QED) is 0.427. The molecule has 62 valence electrons. The van der Waals surface area contributed by atoms with Crippen LogP contribution in [0.1, 0.15) is 26.7 Å². The molecule has 0 aliphatic heterocycles. The molecule has 0 aromatic heterocycles. The first-order valence-corrected chi connectivity index (χ1v) is 3.83. The lowest BCUT2D eigenvalue weighted by Crippen LogP contribution is -1.74. The monoisotopic (exact) mass is 154 g/mol. The molecule has 0 N–H and O–H groups in total. The van der Waals surface area contributed by atoms with Crippen LogP contribution >= 0.6 is 0 Å². The fraction of sp³-hybridized carbons (Fsp3) is 0.400. The summed E-state index contributed by atoms with van der Waals surface area (Å²) in [5.41, 5.74) is 1.22. The Labute approximate surface area is 68.1 Å². The van der Waals surface area contributed by atoms with Crippen LogP contribution in [0.2, 0.25) is 0 Å². The van der Waals surface area contributed by atoms with Gasteiger partial charge in [-0.3, -0.25) is 0 Å². The summed E-state index contributed by atoms with van der Waals surface area (Å²) in [5, 5.41) is 0. The maximum Gasteiger partial charge on any atom is 0.104 e. The molecule has 0 radical (unpaired) electrons. The molecule has 0 spiro atoms. The summed E-state index contributed by atoms with van der Waals surface area (Å²) in [6.07, 6.45) is 6.13. The predicted molar refractivity (Wildman–Crippen MR) is 48.1 cm³/mol. The van der Waals surface area contributed by atoms with E-state index >= 15 is 0 Å². The van der Waals surface area contributed by atoms with Crippen molar-refractivity contribution in [2.24, 2.45) is 0 Å². The summed E-state index contributed by atoms with van der Waals surface area (Å²) in [7, 11) is 0. The van der Waals surface area contributed by atoms with Crippen LogP contribution in [0.4, 0.5) is 4.39 Å². The van der Waals surface area contributed by atoms with Crippen molar-refractivity contribution in [1.29, 1.82) is 0 Å². The third-order valence-corrected chi connectivity index (χ3v) is 1.50. The first-order chi connectivity index (χ1) is 5.20. The van der Waals surface area contributed by atoms with Crippen LogP contribution in [0.5, 0.6) is 0 Å². The lowest BCUT2D eigenvalue weighted by Gasteiger charge is -1.93. The Morgan fingerprint density at radius 2 is 2.18 bits per heavy atom. The van der Waals surface area contributed by atoms with Gasteiger partial charge in [0.2, 0.25) is 0 Å². The van der Waals surface area contributed by atoms with Crippen LogP contribution in [0, 0.1) is 0 Å². The van der Waals surface area contributed by atoms with Gasteiger partial charge in [-0.25, -0.2) is 4.39 Å². The molecule has 0 amide bonds.